The molecular formula is C13H18N2O3S. The van der Waals surface area contributed by atoms with E-state index < -0.39 is 24.0 Å². The molecule has 0 aliphatic carbocycles. The number of hydrogen-bond acceptors (Lipinski definition) is 4. The van der Waals surface area contributed by atoms with E-state index in [2.05, 4.69) is 5.32 Å². The molecule has 19 heavy (non-hydrogen) atoms. The van der Waals surface area contributed by atoms with Gasteiger partial charge in [0.05, 0.1) is 6.04 Å². The number of rotatable bonds is 7. The average molecular weight is 282 g/mol. The van der Waals surface area contributed by atoms with Crippen molar-refractivity contribution in [3.05, 3.63) is 35.9 Å². The number of hydrogen-bond donors (Lipinski definition) is 3. The molecule has 0 aromatic heterocycles. The number of thioether (sulfide) groups is 1. The van der Waals surface area contributed by atoms with E-state index in [1.165, 1.54) is 11.8 Å². The molecule has 1 amide bonds. The van der Waals surface area contributed by atoms with Gasteiger partial charge in [0.25, 0.3) is 0 Å². The fraction of sp³-hybridized carbons (Fsp3) is 0.385. The van der Waals surface area contributed by atoms with Crippen LogP contribution in [0.3, 0.4) is 0 Å². The van der Waals surface area contributed by atoms with Gasteiger partial charge in [-0.3, -0.25) is 4.79 Å². The molecule has 1 rings (SSSR count). The highest BCUT2D eigenvalue weighted by Gasteiger charge is 2.23. The highest BCUT2D eigenvalue weighted by molar-refractivity contribution is 7.98. The molecule has 104 valence electrons. The molecule has 0 saturated carbocycles. The van der Waals surface area contributed by atoms with Crippen molar-refractivity contribution in [3.8, 4) is 0 Å². The van der Waals surface area contributed by atoms with Crippen molar-refractivity contribution in [1.29, 1.82) is 0 Å². The van der Waals surface area contributed by atoms with Crippen molar-refractivity contribution in [3.63, 3.8) is 0 Å². The van der Waals surface area contributed by atoms with Crippen LogP contribution in [0.4, 0.5) is 0 Å². The number of amides is 1. The third kappa shape index (κ3) is 5.32. The molecule has 4 N–H and O–H groups in total. The lowest BCUT2D eigenvalue weighted by Crippen LogP contribution is -2.50. The van der Waals surface area contributed by atoms with Gasteiger partial charge in [-0.1, -0.05) is 30.3 Å². The Labute approximate surface area is 116 Å². The number of carboxylic acids is 1. The Morgan fingerprint density at radius 1 is 1.37 bits per heavy atom. The first-order chi connectivity index (χ1) is 9.04. The monoisotopic (exact) mass is 282 g/mol. The van der Waals surface area contributed by atoms with Gasteiger partial charge in [-0.15, -0.1) is 0 Å². The van der Waals surface area contributed by atoms with E-state index in [9.17, 15) is 9.59 Å². The summed E-state index contributed by atoms with van der Waals surface area (Å²) in [6.45, 7) is 0. The zero-order valence-electron chi connectivity index (χ0n) is 10.7. The van der Waals surface area contributed by atoms with Gasteiger partial charge in [0.1, 0.15) is 6.04 Å². The molecule has 6 heteroatoms. The maximum Gasteiger partial charge on any atom is 0.326 e. The third-order valence-corrected chi connectivity index (χ3v) is 3.27. The fourth-order valence-electron chi connectivity index (χ4n) is 1.58. The van der Waals surface area contributed by atoms with Crippen molar-refractivity contribution < 1.29 is 14.7 Å². The molecule has 5 nitrogen and oxygen atoms in total. The summed E-state index contributed by atoms with van der Waals surface area (Å²) in [5, 5.41) is 11.6. The van der Waals surface area contributed by atoms with Gasteiger partial charge in [0.2, 0.25) is 5.91 Å². The Kier molecular flexibility index (Phi) is 6.38. The first-order valence-corrected chi connectivity index (χ1v) is 7.25. The summed E-state index contributed by atoms with van der Waals surface area (Å²) in [7, 11) is 0. The van der Waals surface area contributed by atoms with Crippen LogP contribution in [0, 0.1) is 0 Å². The predicted octanol–water partition coefficient (Wildman–Crippen LogP) is 0.489. The number of nitrogens with one attached hydrogen (secondary N) is 1. The van der Waals surface area contributed by atoms with Gasteiger partial charge in [-0.05, 0) is 11.8 Å². The van der Waals surface area contributed by atoms with E-state index in [1.54, 1.807) is 0 Å². The summed E-state index contributed by atoms with van der Waals surface area (Å²) in [6, 6.07) is 7.51. The zero-order chi connectivity index (χ0) is 14.3. The highest BCUT2D eigenvalue weighted by atomic mass is 32.2. The fourth-order valence-corrected chi connectivity index (χ4v) is 2.09. The standard InChI is InChI=1S/C13H18N2O3S/c1-19-8-10(14)12(16)15-11(13(17)18)7-9-5-3-2-4-6-9/h2-6,10-11H,7-8,14H2,1H3,(H,15,16)(H,17,18). The van der Waals surface area contributed by atoms with E-state index >= 15 is 0 Å². The van der Waals surface area contributed by atoms with Crippen LogP contribution in [0.15, 0.2) is 30.3 Å². The van der Waals surface area contributed by atoms with Gasteiger partial charge in [-0.2, -0.15) is 11.8 Å². The second-order valence-electron chi connectivity index (χ2n) is 4.15. The van der Waals surface area contributed by atoms with Crippen molar-refractivity contribution in [1.82, 2.24) is 5.32 Å². The van der Waals surface area contributed by atoms with Gasteiger partial charge >= 0.3 is 5.97 Å². The first-order valence-electron chi connectivity index (χ1n) is 5.86. The third-order valence-electron chi connectivity index (χ3n) is 2.58. The summed E-state index contributed by atoms with van der Waals surface area (Å²) < 4.78 is 0. The maximum atomic E-state index is 11.7. The summed E-state index contributed by atoms with van der Waals surface area (Å²) in [6.07, 6.45) is 2.08. The Morgan fingerprint density at radius 3 is 2.53 bits per heavy atom. The molecule has 0 saturated heterocycles. The minimum atomic E-state index is -1.06. The van der Waals surface area contributed by atoms with Gasteiger partial charge < -0.3 is 16.2 Å². The van der Waals surface area contributed by atoms with Crippen molar-refractivity contribution in [2.75, 3.05) is 12.0 Å². The zero-order valence-corrected chi connectivity index (χ0v) is 11.5. The highest BCUT2D eigenvalue weighted by Crippen LogP contribution is 2.04. The number of nitrogens with two attached hydrogens (primary N) is 1. The first kappa shape index (κ1) is 15.5. The minimum absolute atomic E-state index is 0.244. The van der Waals surface area contributed by atoms with Gasteiger partial charge in [0.15, 0.2) is 0 Å². The molecular weight excluding hydrogens is 264 g/mol. The minimum Gasteiger partial charge on any atom is -0.480 e. The smallest absolute Gasteiger partial charge is 0.326 e. The summed E-state index contributed by atoms with van der Waals surface area (Å²) >= 11 is 1.44. The van der Waals surface area contributed by atoms with Crippen LogP contribution in [0.1, 0.15) is 5.56 Å². The second-order valence-corrected chi connectivity index (χ2v) is 5.06. The molecule has 0 fully saturated rings. The van der Waals surface area contributed by atoms with Crippen LogP contribution in [-0.4, -0.2) is 41.1 Å². The normalized spacial score (nSPS) is 13.6. The lowest BCUT2D eigenvalue weighted by atomic mass is 10.1. The largest absolute Gasteiger partial charge is 0.480 e. The summed E-state index contributed by atoms with van der Waals surface area (Å²) in [5.41, 5.74) is 6.50. The summed E-state index contributed by atoms with van der Waals surface area (Å²) in [4.78, 5) is 22.9. The Bertz CT molecular complexity index is 425. The van der Waals surface area contributed by atoms with Crippen LogP contribution < -0.4 is 11.1 Å². The van der Waals surface area contributed by atoms with Gasteiger partial charge in [-0.25, -0.2) is 4.79 Å². The number of carboxylic acid groups (broad SMARTS) is 1. The number of carbonyl (C=O) groups is 2. The predicted molar refractivity (Wildman–Crippen MR) is 76.1 cm³/mol. The van der Waals surface area contributed by atoms with Crippen molar-refractivity contribution in [2.45, 2.75) is 18.5 Å². The van der Waals surface area contributed by atoms with E-state index in [4.69, 9.17) is 10.8 Å². The van der Waals surface area contributed by atoms with Crippen LogP contribution in [0.2, 0.25) is 0 Å². The molecule has 2 unspecified atom stereocenters. The molecule has 0 spiro atoms. The van der Waals surface area contributed by atoms with Crippen LogP contribution in [0.25, 0.3) is 0 Å². The lowest BCUT2D eigenvalue weighted by Gasteiger charge is -2.17. The Morgan fingerprint density at radius 2 is 2.00 bits per heavy atom. The van der Waals surface area contributed by atoms with E-state index in [1.807, 2.05) is 36.6 Å². The van der Waals surface area contributed by atoms with Crippen LogP contribution >= 0.6 is 11.8 Å². The van der Waals surface area contributed by atoms with Crippen molar-refractivity contribution in [2.24, 2.45) is 5.73 Å². The molecule has 1 aromatic rings. The number of benzene rings is 1. The quantitative estimate of drug-likeness (QED) is 0.677. The topological polar surface area (TPSA) is 92.4 Å². The molecule has 0 aliphatic rings. The van der Waals surface area contributed by atoms with Crippen molar-refractivity contribution >= 4 is 23.6 Å². The molecule has 0 heterocycles. The number of aliphatic carboxylic acids is 1. The molecule has 2 atom stereocenters. The molecule has 1 aromatic carbocycles. The van der Waals surface area contributed by atoms with Crippen LogP contribution in [0.5, 0.6) is 0 Å². The molecule has 0 radical (unpaired) electrons. The second kappa shape index (κ2) is 7.81. The molecule has 0 bridgehead atoms. The van der Waals surface area contributed by atoms with E-state index in [0.29, 0.717) is 5.75 Å². The maximum absolute atomic E-state index is 11.7. The Hall–Kier alpha value is -1.53. The number of carbonyl (C=O) groups excluding carboxylic acids is 1. The Balaban J connectivity index is 2.64. The van der Waals surface area contributed by atoms with Gasteiger partial charge in [0, 0.05) is 12.2 Å². The van der Waals surface area contributed by atoms with E-state index in [-0.39, 0.29) is 6.42 Å². The van der Waals surface area contributed by atoms with Crippen LogP contribution in [-0.2, 0) is 16.0 Å². The SMILES string of the molecule is CSCC(N)C(=O)NC(Cc1ccccc1)C(=O)O. The summed E-state index contributed by atoms with van der Waals surface area (Å²) in [5.74, 6) is -1.03. The molecule has 0 aliphatic heterocycles. The average Bonchev–Trinajstić information content (AvgIpc) is 2.39. The lowest BCUT2D eigenvalue weighted by molar-refractivity contribution is -0.141. The van der Waals surface area contributed by atoms with E-state index in [0.717, 1.165) is 5.56 Å².